The molecule has 2 heterocycles. The van der Waals surface area contributed by atoms with Crippen LogP contribution in [0.4, 0.5) is 23.3 Å². The van der Waals surface area contributed by atoms with Crippen molar-refractivity contribution in [2.45, 2.75) is 25.9 Å². The highest BCUT2D eigenvalue weighted by atomic mass is 16.5. The van der Waals surface area contributed by atoms with Gasteiger partial charge in [-0.25, -0.2) is 9.36 Å². The van der Waals surface area contributed by atoms with E-state index in [1.807, 2.05) is 72.8 Å². The molecule has 0 bridgehead atoms. The number of aryl methyl sites for hydroxylation is 4. The van der Waals surface area contributed by atoms with Crippen LogP contribution >= 0.6 is 0 Å². The molecule has 0 unspecified atom stereocenters. The molecule has 0 saturated carbocycles. The summed E-state index contributed by atoms with van der Waals surface area (Å²) in [6, 6.07) is 32.3. The molecule has 0 aliphatic carbocycles. The average molecular weight is 589 g/mol. The van der Waals surface area contributed by atoms with E-state index >= 15 is 0 Å². The Hall–Kier alpha value is -5.78. The zero-order valence-corrected chi connectivity index (χ0v) is 24.5. The average Bonchev–Trinajstić information content (AvgIpc) is 3.73. The molecule has 0 amide bonds. The van der Waals surface area contributed by atoms with Gasteiger partial charge in [0.2, 0.25) is 11.9 Å². The first kappa shape index (κ1) is 28.3. The smallest absolute Gasteiger partial charge is 0.247 e. The molecule has 44 heavy (non-hydrogen) atoms. The van der Waals surface area contributed by atoms with Gasteiger partial charge in [-0.2, -0.15) is 0 Å². The predicted molar refractivity (Wildman–Crippen MR) is 167 cm³/mol. The summed E-state index contributed by atoms with van der Waals surface area (Å²) in [6.07, 6.45) is 1.62. The molecule has 0 aliphatic heterocycles. The molecule has 0 spiro atoms. The molecule has 2 aromatic heterocycles. The highest BCUT2D eigenvalue weighted by Crippen LogP contribution is 2.36. The topological polar surface area (TPSA) is 130 Å². The van der Waals surface area contributed by atoms with Gasteiger partial charge in [-0.15, -0.1) is 0 Å². The van der Waals surface area contributed by atoms with Crippen LogP contribution in [-0.2, 0) is 25.9 Å². The van der Waals surface area contributed by atoms with E-state index in [0.717, 1.165) is 35.3 Å². The Balaban J connectivity index is 1.16. The van der Waals surface area contributed by atoms with E-state index < -0.39 is 0 Å². The van der Waals surface area contributed by atoms with Gasteiger partial charge < -0.3 is 20.1 Å². The molecule has 12 heteroatoms. The van der Waals surface area contributed by atoms with Crippen LogP contribution in [0.5, 0.6) is 11.5 Å². The summed E-state index contributed by atoms with van der Waals surface area (Å²) in [7, 11) is 3.27. The Morgan fingerprint density at radius 2 is 1.00 bits per heavy atom. The maximum absolute atomic E-state index is 5.74. The Labute approximate surface area is 254 Å². The van der Waals surface area contributed by atoms with Gasteiger partial charge in [-0.05, 0) is 80.2 Å². The van der Waals surface area contributed by atoms with Crippen molar-refractivity contribution in [3.05, 3.63) is 108 Å². The van der Waals surface area contributed by atoms with Gasteiger partial charge in [0.1, 0.15) is 11.5 Å². The first-order valence-electron chi connectivity index (χ1n) is 14.2. The highest BCUT2D eigenvalue weighted by Gasteiger charge is 2.14. The molecule has 4 aromatic carbocycles. The summed E-state index contributed by atoms with van der Waals surface area (Å²) in [6.45, 7) is 1.28. The lowest BCUT2D eigenvalue weighted by Crippen LogP contribution is -2.08. The second kappa shape index (κ2) is 13.5. The lowest BCUT2D eigenvalue weighted by Gasteiger charge is -2.15. The third-order valence-corrected chi connectivity index (χ3v) is 7.20. The molecule has 6 rings (SSSR count). The van der Waals surface area contributed by atoms with Crippen LogP contribution in [0.2, 0.25) is 0 Å². The molecule has 0 radical (unpaired) electrons. The number of benzene rings is 4. The van der Waals surface area contributed by atoms with E-state index in [2.05, 4.69) is 65.9 Å². The molecule has 6 aromatic rings. The van der Waals surface area contributed by atoms with Crippen LogP contribution in [-0.4, -0.2) is 54.6 Å². The van der Waals surface area contributed by atoms with E-state index in [4.69, 9.17) is 9.47 Å². The van der Waals surface area contributed by atoms with Crippen LogP contribution in [0.3, 0.4) is 0 Å². The van der Waals surface area contributed by atoms with Crippen molar-refractivity contribution in [1.29, 1.82) is 0 Å². The van der Waals surface area contributed by atoms with Crippen molar-refractivity contribution in [3.63, 3.8) is 0 Å². The molecule has 222 valence electrons. The number of rotatable bonds is 13. The van der Waals surface area contributed by atoms with Crippen LogP contribution in [0.25, 0.3) is 11.1 Å². The van der Waals surface area contributed by atoms with E-state index in [1.165, 1.54) is 11.1 Å². The van der Waals surface area contributed by atoms with Crippen LogP contribution in [0.15, 0.2) is 97.1 Å². The monoisotopic (exact) mass is 588 g/mol. The van der Waals surface area contributed by atoms with Gasteiger partial charge in [0, 0.05) is 0 Å². The molecule has 12 nitrogen and oxygen atoms in total. The van der Waals surface area contributed by atoms with Crippen LogP contribution < -0.4 is 20.1 Å². The zero-order chi connectivity index (χ0) is 30.1. The van der Waals surface area contributed by atoms with Crippen molar-refractivity contribution < 1.29 is 9.47 Å². The maximum atomic E-state index is 5.74. The summed E-state index contributed by atoms with van der Waals surface area (Å²) in [5.41, 5.74) is 5.84. The largest absolute Gasteiger partial charge is 0.495 e. The quantitative estimate of drug-likeness (QED) is 0.183. The number of tetrazole rings is 2. The fourth-order valence-corrected chi connectivity index (χ4v) is 4.84. The van der Waals surface area contributed by atoms with E-state index in [0.29, 0.717) is 36.5 Å². The zero-order valence-electron chi connectivity index (χ0n) is 24.5. The molecule has 0 saturated heterocycles. The van der Waals surface area contributed by atoms with Crippen LogP contribution in [0, 0.1) is 0 Å². The minimum Gasteiger partial charge on any atom is -0.495 e. The third-order valence-electron chi connectivity index (χ3n) is 7.20. The maximum Gasteiger partial charge on any atom is 0.247 e. The summed E-state index contributed by atoms with van der Waals surface area (Å²) < 4.78 is 15.0. The van der Waals surface area contributed by atoms with Gasteiger partial charge >= 0.3 is 0 Å². The first-order chi connectivity index (χ1) is 21.7. The molecule has 2 N–H and O–H groups in total. The third kappa shape index (κ3) is 6.65. The molecular weight excluding hydrogens is 556 g/mol. The van der Waals surface area contributed by atoms with E-state index in [1.54, 1.807) is 23.6 Å². The Morgan fingerprint density at radius 1 is 0.568 bits per heavy atom. The van der Waals surface area contributed by atoms with Gasteiger partial charge in [0.05, 0.1) is 38.7 Å². The standard InChI is InChI=1S/C32H32N10O2/c1-43-29-21-25(13-15-27(29)33-31-35-37-39-41(31)19-17-23-9-5-3-6-10-23)26-14-16-28(30(22-26)44-2)34-32-36-38-40-42(32)20-18-24-11-7-4-8-12-24/h3-16,21-22H,17-20H2,1-2H3,(H,33,35,39)(H,34,36,40). The second-order valence-electron chi connectivity index (χ2n) is 10.0. The summed E-state index contributed by atoms with van der Waals surface area (Å²) >= 11 is 0. The normalized spacial score (nSPS) is 10.9. The fourth-order valence-electron chi connectivity index (χ4n) is 4.84. The van der Waals surface area contributed by atoms with Gasteiger partial charge in [0.15, 0.2) is 0 Å². The van der Waals surface area contributed by atoms with Crippen molar-refractivity contribution in [1.82, 2.24) is 40.4 Å². The Bertz CT molecular complexity index is 1670. The van der Waals surface area contributed by atoms with Gasteiger partial charge in [-0.3, -0.25) is 0 Å². The molecule has 0 fully saturated rings. The number of ether oxygens (including phenoxy) is 2. The van der Waals surface area contributed by atoms with E-state index in [-0.39, 0.29) is 0 Å². The van der Waals surface area contributed by atoms with Crippen molar-refractivity contribution in [3.8, 4) is 22.6 Å². The Morgan fingerprint density at radius 3 is 1.41 bits per heavy atom. The first-order valence-corrected chi connectivity index (χ1v) is 14.2. The number of hydrogen-bond donors (Lipinski definition) is 2. The molecular formula is C32H32N10O2. The SMILES string of the molecule is COc1cc(-c2ccc(Nc3nnnn3CCc3ccccc3)c(OC)c2)ccc1Nc1nnnn1CCc1ccccc1. The number of anilines is 4. The van der Waals surface area contributed by atoms with Crippen molar-refractivity contribution in [2.75, 3.05) is 24.9 Å². The number of hydrogen-bond acceptors (Lipinski definition) is 10. The Kier molecular flexibility index (Phi) is 8.67. The summed E-state index contributed by atoms with van der Waals surface area (Å²) in [5.74, 6) is 2.38. The van der Waals surface area contributed by atoms with Crippen molar-refractivity contribution in [2.24, 2.45) is 0 Å². The molecule has 0 aliphatic rings. The summed E-state index contributed by atoms with van der Waals surface area (Å²) in [4.78, 5) is 0. The lowest BCUT2D eigenvalue weighted by atomic mass is 10.0. The van der Waals surface area contributed by atoms with Crippen LogP contribution in [0.1, 0.15) is 11.1 Å². The number of methoxy groups -OCH3 is 2. The number of nitrogens with one attached hydrogen (secondary N) is 2. The minimum atomic E-state index is 0.537. The van der Waals surface area contributed by atoms with E-state index in [9.17, 15) is 0 Å². The number of aromatic nitrogens is 8. The second-order valence-corrected chi connectivity index (χ2v) is 10.0. The molecule has 0 atom stereocenters. The summed E-state index contributed by atoms with van der Waals surface area (Å²) in [5, 5.41) is 31.0. The van der Waals surface area contributed by atoms with Gasteiger partial charge in [-0.1, -0.05) is 83.0 Å². The fraction of sp³-hybridized carbons (Fsp3) is 0.188. The minimum absolute atomic E-state index is 0.537. The number of nitrogens with zero attached hydrogens (tertiary/aromatic N) is 8. The lowest BCUT2D eigenvalue weighted by molar-refractivity contribution is 0.416. The predicted octanol–water partition coefficient (Wildman–Crippen LogP) is 5.32. The highest BCUT2D eigenvalue weighted by molar-refractivity contribution is 5.76. The van der Waals surface area contributed by atoms with Gasteiger partial charge in [0.25, 0.3) is 0 Å². The van der Waals surface area contributed by atoms with Crippen molar-refractivity contribution >= 4 is 23.3 Å².